The van der Waals surface area contributed by atoms with Crippen LogP contribution in [0.4, 0.5) is 4.39 Å². The minimum absolute atomic E-state index is 0.132. The first-order valence-corrected chi connectivity index (χ1v) is 7.11. The van der Waals surface area contributed by atoms with Gasteiger partial charge in [0.25, 0.3) is 5.91 Å². The highest BCUT2D eigenvalue weighted by Gasteiger charge is 2.12. The quantitative estimate of drug-likeness (QED) is 0.735. The Balaban J connectivity index is 2.47. The largest absolute Gasteiger partial charge is 0.350 e. The topological polar surface area (TPSA) is 29.1 Å². The Bertz CT molecular complexity index is 417. The normalized spacial score (nSPS) is 12.2. The maximum Gasteiger partial charge on any atom is 0.251 e. The van der Waals surface area contributed by atoms with Crippen LogP contribution in [0.25, 0.3) is 0 Å². The fourth-order valence-electron chi connectivity index (χ4n) is 2.09. The molecular weight excluding hydrogens is 241 g/mol. The van der Waals surface area contributed by atoms with Crippen LogP contribution in [-0.4, -0.2) is 11.9 Å². The fourth-order valence-corrected chi connectivity index (χ4v) is 2.09. The maximum atomic E-state index is 13.2. The number of hydrogen-bond acceptors (Lipinski definition) is 1. The molecular formula is C16H24FNO. The SMILES string of the molecule is CCCCCCC(C)NC(=O)c1cc(F)ccc1C. The van der Waals surface area contributed by atoms with Gasteiger partial charge >= 0.3 is 0 Å². The summed E-state index contributed by atoms with van der Waals surface area (Å²) in [4.78, 5) is 12.0. The van der Waals surface area contributed by atoms with Crippen molar-refractivity contribution in [3.63, 3.8) is 0 Å². The van der Waals surface area contributed by atoms with E-state index in [1.807, 2.05) is 13.8 Å². The molecule has 2 nitrogen and oxygen atoms in total. The molecule has 0 heterocycles. The summed E-state index contributed by atoms with van der Waals surface area (Å²) < 4.78 is 13.2. The van der Waals surface area contributed by atoms with Crippen molar-refractivity contribution in [3.05, 3.63) is 35.1 Å². The number of carbonyl (C=O) groups excluding carboxylic acids is 1. The number of carbonyl (C=O) groups is 1. The first-order valence-electron chi connectivity index (χ1n) is 7.11. The predicted octanol–water partition coefficient (Wildman–Crippen LogP) is 4.22. The van der Waals surface area contributed by atoms with Gasteiger partial charge in [-0.15, -0.1) is 0 Å². The Labute approximate surface area is 115 Å². The molecule has 1 atom stereocenters. The summed E-state index contributed by atoms with van der Waals surface area (Å²) in [5.41, 5.74) is 1.23. The summed E-state index contributed by atoms with van der Waals surface area (Å²) in [5, 5.41) is 2.94. The third kappa shape index (κ3) is 5.41. The second-order valence-corrected chi connectivity index (χ2v) is 5.18. The first-order chi connectivity index (χ1) is 9.04. The molecule has 1 amide bonds. The molecule has 1 N–H and O–H groups in total. The van der Waals surface area contributed by atoms with E-state index in [1.165, 1.54) is 31.4 Å². The van der Waals surface area contributed by atoms with Crippen molar-refractivity contribution in [2.45, 2.75) is 58.9 Å². The first kappa shape index (κ1) is 15.7. The van der Waals surface area contributed by atoms with E-state index in [9.17, 15) is 9.18 Å². The molecule has 1 rings (SSSR count). The van der Waals surface area contributed by atoms with Crippen LogP contribution < -0.4 is 5.32 Å². The molecule has 0 bridgehead atoms. The van der Waals surface area contributed by atoms with Crippen molar-refractivity contribution in [3.8, 4) is 0 Å². The average molecular weight is 265 g/mol. The highest BCUT2D eigenvalue weighted by atomic mass is 19.1. The van der Waals surface area contributed by atoms with Crippen LogP contribution in [0, 0.1) is 12.7 Å². The Kier molecular flexibility index (Phi) is 6.54. The predicted molar refractivity (Wildman–Crippen MR) is 76.8 cm³/mol. The Morgan fingerprint density at radius 1 is 1.32 bits per heavy atom. The number of halogens is 1. The maximum absolute atomic E-state index is 13.2. The van der Waals surface area contributed by atoms with Crippen molar-refractivity contribution in [1.29, 1.82) is 0 Å². The average Bonchev–Trinajstić information content (AvgIpc) is 2.37. The van der Waals surface area contributed by atoms with E-state index in [1.54, 1.807) is 6.07 Å². The summed E-state index contributed by atoms with van der Waals surface area (Å²) >= 11 is 0. The zero-order valence-electron chi connectivity index (χ0n) is 12.1. The Morgan fingerprint density at radius 2 is 2.05 bits per heavy atom. The molecule has 0 aliphatic rings. The van der Waals surface area contributed by atoms with Crippen LogP contribution >= 0.6 is 0 Å². The van der Waals surface area contributed by atoms with E-state index < -0.39 is 0 Å². The molecule has 1 unspecified atom stereocenters. The lowest BCUT2D eigenvalue weighted by Crippen LogP contribution is -2.33. The molecule has 0 radical (unpaired) electrons. The van der Waals surface area contributed by atoms with Crippen LogP contribution in [0.1, 0.15) is 61.9 Å². The van der Waals surface area contributed by atoms with Gasteiger partial charge in [0.2, 0.25) is 0 Å². The summed E-state index contributed by atoms with van der Waals surface area (Å²) in [7, 11) is 0. The van der Waals surface area contributed by atoms with Gasteiger partial charge in [-0.25, -0.2) is 4.39 Å². The highest BCUT2D eigenvalue weighted by Crippen LogP contribution is 2.11. The summed E-state index contributed by atoms with van der Waals surface area (Å²) in [6.45, 7) is 6.00. The van der Waals surface area contributed by atoms with Gasteiger partial charge in [0, 0.05) is 11.6 Å². The van der Waals surface area contributed by atoms with E-state index in [2.05, 4.69) is 12.2 Å². The second-order valence-electron chi connectivity index (χ2n) is 5.18. The van der Waals surface area contributed by atoms with Crippen molar-refractivity contribution in [1.82, 2.24) is 5.32 Å². The van der Waals surface area contributed by atoms with Gasteiger partial charge in [-0.3, -0.25) is 4.79 Å². The van der Waals surface area contributed by atoms with Crippen LogP contribution in [0.3, 0.4) is 0 Å². The van der Waals surface area contributed by atoms with Gasteiger partial charge in [0.15, 0.2) is 0 Å². The van der Waals surface area contributed by atoms with E-state index in [0.29, 0.717) is 5.56 Å². The lowest BCUT2D eigenvalue weighted by molar-refractivity contribution is 0.0937. The monoisotopic (exact) mass is 265 g/mol. The molecule has 19 heavy (non-hydrogen) atoms. The molecule has 0 saturated heterocycles. The van der Waals surface area contributed by atoms with Crippen molar-refractivity contribution in [2.24, 2.45) is 0 Å². The van der Waals surface area contributed by atoms with Gasteiger partial charge < -0.3 is 5.32 Å². The number of rotatable bonds is 7. The number of nitrogens with one attached hydrogen (secondary N) is 1. The van der Waals surface area contributed by atoms with Crippen LogP contribution in [0.2, 0.25) is 0 Å². The van der Waals surface area contributed by atoms with E-state index in [-0.39, 0.29) is 17.8 Å². The third-order valence-electron chi connectivity index (χ3n) is 3.31. The molecule has 0 aliphatic carbocycles. The lowest BCUT2D eigenvalue weighted by Gasteiger charge is -2.14. The Morgan fingerprint density at radius 3 is 2.74 bits per heavy atom. The fraction of sp³-hybridized carbons (Fsp3) is 0.562. The van der Waals surface area contributed by atoms with E-state index >= 15 is 0 Å². The molecule has 1 aromatic rings. The van der Waals surface area contributed by atoms with Gasteiger partial charge in [0.05, 0.1) is 0 Å². The second kappa shape index (κ2) is 7.93. The van der Waals surface area contributed by atoms with Gasteiger partial charge in [-0.2, -0.15) is 0 Å². The number of unbranched alkanes of at least 4 members (excludes halogenated alkanes) is 3. The van der Waals surface area contributed by atoms with Crippen LogP contribution in [-0.2, 0) is 0 Å². The molecule has 0 spiro atoms. The molecule has 0 aromatic heterocycles. The van der Waals surface area contributed by atoms with Gasteiger partial charge in [-0.05, 0) is 38.0 Å². The van der Waals surface area contributed by atoms with Crippen molar-refractivity contribution < 1.29 is 9.18 Å². The molecule has 1 aromatic carbocycles. The molecule has 0 fully saturated rings. The molecule has 0 aliphatic heterocycles. The van der Waals surface area contributed by atoms with Gasteiger partial charge in [0.1, 0.15) is 5.82 Å². The summed E-state index contributed by atoms with van der Waals surface area (Å²) in [6.07, 6.45) is 5.75. The zero-order valence-corrected chi connectivity index (χ0v) is 12.1. The highest BCUT2D eigenvalue weighted by molar-refractivity contribution is 5.95. The summed E-state index contributed by atoms with van der Waals surface area (Å²) in [6, 6.07) is 4.44. The van der Waals surface area contributed by atoms with Crippen molar-refractivity contribution in [2.75, 3.05) is 0 Å². The van der Waals surface area contributed by atoms with Crippen LogP contribution in [0.15, 0.2) is 18.2 Å². The van der Waals surface area contributed by atoms with Crippen molar-refractivity contribution >= 4 is 5.91 Å². The molecule has 0 saturated carbocycles. The number of amides is 1. The minimum atomic E-state index is -0.369. The smallest absolute Gasteiger partial charge is 0.251 e. The third-order valence-corrected chi connectivity index (χ3v) is 3.31. The standard InChI is InChI=1S/C16H24FNO/c1-4-5-6-7-8-13(3)18-16(19)15-11-14(17)10-9-12(15)2/h9-11,13H,4-8H2,1-3H3,(H,18,19). The number of aryl methyl sites for hydroxylation is 1. The number of hydrogen-bond donors (Lipinski definition) is 1. The van der Waals surface area contributed by atoms with Gasteiger partial charge in [-0.1, -0.05) is 38.7 Å². The van der Waals surface area contributed by atoms with E-state index in [0.717, 1.165) is 18.4 Å². The minimum Gasteiger partial charge on any atom is -0.350 e. The Hall–Kier alpha value is -1.38. The van der Waals surface area contributed by atoms with Crippen LogP contribution in [0.5, 0.6) is 0 Å². The number of benzene rings is 1. The summed E-state index contributed by atoms with van der Waals surface area (Å²) in [5.74, 6) is -0.550. The molecule has 106 valence electrons. The molecule has 3 heteroatoms. The zero-order chi connectivity index (χ0) is 14.3. The lowest BCUT2D eigenvalue weighted by atomic mass is 10.1. The van der Waals surface area contributed by atoms with E-state index in [4.69, 9.17) is 0 Å².